The minimum atomic E-state index is -0.255. The standard InChI is InChI=1S/C26H34N2O2/c1-3-4-5-7-10-21-13-15-23(16-14-21)28-19-20(2)24(26(28)30)17-25(29)27-18-22-11-8-6-9-12-22/h6,8-9,11-16,20,24H,3-5,7,10,17-19H2,1-2H3,(H,27,29)/t20-,24+/m0/s1. The number of hydrogen-bond donors (Lipinski definition) is 1. The monoisotopic (exact) mass is 406 g/mol. The second-order valence-corrected chi connectivity index (χ2v) is 8.48. The van der Waals surface area contributed by atoms with Gasteiger partial charge in [0, 0.05) is 25.2 Å². The molecule has 30 heavy (non-hydrogen) atoms. The molecular weight excluding hydrogens is 372 g/mol. The van der Waals surface area contributed by atoms with E-state index >= 15 is 0 Å². The Labute approximate surface area is 180 Å². The summed E-state index contributed by atoms with van der Waals surface area (Å²) in [5.74, 6) is -0.0930. The lowest BCUT2D eigenvalue weighted by molar-refractivity contribution is -0.128. The fourth-order valence-corrected chi connectivity index (χ4v) is 4.14. The van der Waals surface area contributed by atoms with Crippen LogP contribution in [0.4, 0.5) is 5.69 Å². The first kappa shape index (κ1) is 22.1. The SMILES string of the molecule is CCCCCCc1ccc(N2C[C@H](C)[C@@H](CC(=O)NCc3ccccc3)C2=O)cc1. The predicted octanol–water partition coefficient (Wildman–Crippen LogP) is 5.11. The maximum atomic E-state index is 13.0. The van der Waals surface area contributed by atoms with Crippen LogP contribution in [0.2, 0.25) is 0 Å². The second kappa shape index (κ2) is 11.0. The number of hydrogen-bond acceptors (Lipinski definition) is 2. The van der Waals surface area contributed by atoms with Crippen molar-refractivity contribution in [3.8, 4) is 0 Å². The van der Waals surface area contributed by atoms with Crippen molar-refractivity contribution >= 4 is 17.5 Å². The minimum absolute atomic E-state index is 0.0617. The van der Waals surface area contributed by atoms with Gasteiger partial charge in [0.2, 0.25) is 11.8 Å². The lowest BCUT2D eigenvalue weighted by Gasteiger charge is -2.17. The molecule has 0 spiro atoms. The third kappa shape index (κ3) is 5.94. The Morgan fingerprint density at radius 1 is 1.00 bits per heavy atom. The molecule has 3 rings (SSSR count). The van der Waals surface area contributed by atoms with Gasteiger partial charge in [0.1, 0.15) is 0 Å². The zero-order valence-corrected chi connectivity index (χ0v) is 18.3. The van der Waals surface area contributed by atoms with Crippen molar-refractivity contribution in [2.24, 2.45) is 11.8 Å². The number of nitrogens with zero attached hydrogens (tertiary/aromatic N) is 1. The van der Waals surface area contributed by atoms with E-state index in [0.717, 1.165) is 17.7 Å². The van der Waals surface area contributed by atoms with E-state index in [1.54, 1.807) is 0 Å². The van der Waals surface area contributed by atoms with Gasteiger partial charge in [-0.25, -0.2) is 0 Å². The number of carbonyl (C=O) groups is 2. The average Bonchev–Trinajstić information content (AvgIpc) is 3.05. The molecule has 4 nitrogen and oxygen atoms in total. The van der Waals surface area contributed by atoms with Crippen molar-refractivity contribution in [3.05, 3.63) is 65.7 Å². The highest BCUT2D eigenvalue weighted by atomic mass is 16.2. The summed E-state index contributed by atoms with van der Waals surface area (Å²) in [6.07, 6.45) is 6.37. The van der Waals surface area contributed by atoms with Crippen LogP contribution in [0, 0.1) is 11.8 Å². The summed E-state index contributed by atoms with van der Waals surface area (Å²) in [5, 5.41) is 2.95. The number of unbranched alkanes of at least 4 members (excludes halogenated alkanes) is 3. The molecule has 1 aliphatic rings. The van der Waals surface area contributed by atoms with Crippen molar-refractivity contribution in [3.63, 3.8) is 0 Å². The minimum Gasteiger partial charge on any atom is -0.352 e. The summed E-state index contributed by atoms with van der Waals surface area (Å²) in [6, 6.07) is 18.2. The van der Waals surface area contributed by atoms with Gasteiger partial charge in [-0.2, -0.15) is 0 Å². The van der Waals surface area contributed by atoms with Crippen LogP contribution in [0.25, 0.3) is 0 Å². The zero-order valence-electron chi connectivity index (χ0n) is 18.3. The van der Waals surface area contributed by atoms with E-state index in [1.807, 2.05) is 35.2 Å². The fourth-order valence-electron chi connectivity index (χ4n) is 4.14. The number of nitrogens with one attached hydrogen (secondary N) is 1. The Morgan fingerprint density at radius 3 is 2.43 bits per heavy atom. The van der Waals surface area contributed by atoms with E-state index in [-0.39, 0.29) is 30.1 Å². The maximum absolute atomic E-state index is 13.0. The third-order valence-electron chi connectivity index (χ3n) is 6.05. The summed E-state index contributed by atoms with van der Waals surface area (Å²) < 4.78 is 0. The zero-order chi connectivity index (χ0) is 21.3. The first-order valence-electron chi connectivity index (χ1n) is 11.3. The van der Waals surface area contributed by atoms with Gasteiger partial charge in [0.25, 0.3) is 0 Å². The van der Waals surface area contributed by atoms with Gasteiger partial charge < -0.3 is 10.2 Å². The smallest absolute Gasteiger partial charge is 0.230 e. The van der Waals surface area contributed by atoms with E-state index in [1.165, 1.54) is 31.2 Å². The normalized spacial score (nSPS) is 18.6. The Kier molecular flexibility index (Phi) is 8.06. The molecule has 1 N–H and O–H groups in total. The number of benzene rings is 2. The highest BCUT2D eigenvalue weighted by Gasteiger charge is 2.39. The van der Waals surface area contributed by atoms with Crippen molar-refractivity contribution in [1.82, 2.24) is 5.32 Å². The van der Waals surface area contributed by atoms with E-state index < -0.39 is 0 Å². The highest BCUT2D eigenvalue weighted by molar-refractivity contribution is 5.99. The fraction of sp³-hybridized carbons (Fsp3) is 0.462. The van der Waals surface area contributed by atoms with Crippen molar-refractivity contribution in [2.45, 2.75) is 58.9 Å². The largest absolute Gasteiger partial charge is 0.352 e. The first-order valence-corrected chi connectivity index (χ1v) is 11.3. The predicted molar refractivity (Wildman–Crippen MR) is 122 cm³/mol. The Morgan fingerprint density at radius 2 is 1.73 bits per heavy atom. The van der Waals surface area contributed by atoms with Crippen LogP contribution in [0.1, 0.15) is 57.1 Å². The molecule has 0 bridgehead atoms. The van der Waals surface area contributed by atoms with Gasteiger partial charge in [0.15, 0.2) is 0 Å². The lowest BCUT2D eigenvalue weighted by atomic mass is 9.94. The van der Waals surface area contributed by atoms with Crippen LogP contribution in [-0.4, -0.2) is 18.4 Å². The number of carbonyl (C=O) groups excluding carboxylic acids is 2. The molecule has 0 aliphatic carbocycles. The molecule has 2 aromatic rings. The Balaban J connectivity index is 1.52. The van der Waals surface area contributed by atoms with Crippen LogP contribution in [-0.2, 0) is 22.6 Å². The Hall–Kier alpha value is -2.62. The summed E-state index contributed by atoms with van der Waals surface area (Å²) in [4.78, 5) is 27.3. The van der Waals surface area contributed by atoms with Crippen LogP contribution in [0.15, 0.2) is 54.6 Å². The molecule has 2 atom stereocenters. The van der Waals surface area contributed by atoms with Crippen LogP contribution >= 0.6 is 0 Å². The van der Waals surface area contributed by atoms with Crippen LogP contribution < -0.4 is 10.2 Å². The van der Waals surface area contributed by atoms with E-state index in [2.05, 4.69) is 43.4 Å². The van der Waals surface area contributed by atoms with Gasteiger partial charge in [0.05, 0.1) is 5.92 Å². The molecule has 1 saturated heterocycles. The lowest BCUT2D eigenvalue weighted by Crippen LogP contribution is -2.31. The average molecular weight is 407 g/mol. The summed E-state index contributed by atoms with van der Waals surface area (Å²) in [6.45, 7) is 5.46. The maximum Gasteiger partial charge on any atom is 0.230 e. The molecule has 0 saturated carbocycles. The van der Waals surface area contributed by atoms with Gasteiger partial charge in [-0.05, 0) is 42.0 Å². The second-order valence-electron chi connectivity index (χ2n) is 8.48. The molecule has 0 unspecified atom stereocenters. The number of rotatable bonds is 10. The molecule has 4 heteroatoms. The number of aryl methyl sites for hydroxylation is 1. The quantitative estimate of drug-likeness (QED) is 0.557. The molecule has 0 aromatic heterocycles. The molecular formula is C26H34N2O2. The summed E-state index contributed by atoms with van der Waals surface area (Å²) in [7, 11) is 0. The van der Waals surface area contributed by atoms with Gasteiger partial charge >= 0.3 is 0 Å². The van der Waals surface area contributed by atoms with E-state index in [4.69, 9.17) is 0 Å². The van der Waals surface area contributed by atoms with Crippen LogP contribution in [0.3, 0.4) is 0 Å². The number of amides is 2. The molecule has 1 heterocycles. The molecule has 1 fully saturated rings. The topological polar surface area (TPSA) is 49.4 Å². The Bertz CT molecular complexity index is 817. The van der Waals surface area contributed by atoms with E-state index in [0.29, 0.717) is 13.1 Å². The van der Waals surface area contributed by atoms with Crippen molar-refractivity contribution < 1.29 is 9.59 Å². The summed E-state index contributed by atoms with van der Waals surface area (Å²) in [5.41, 5.74) is 3.33. The van der Waals surface area contributed by atoms with Gasteiger partial charge in [-0.3, -0.25) is 9.59 Å². The van der Waals surface area contributed by atoms with Crippen molar-refractivity contribution in [2.75, 3.05) is 11.4 Å². The third-order valence-corrected chi connectivity index (χ3v) is 6.05. The van der Waals surface area contributed by atoms with Crippen LogP contribution in [0.5, 0.6) is 0 Å². The highest BCUT2D eigenvalue weighted by Crippen LogP contribution is 2.31. The van der Waals surface area contributed by atoms with Gasteiger partial charge in [-0.15, -0.1) is 0 Å². The molecule has 2 aromatic carbocycles. The van der Waals surface area contributed by atoms with E-state index in [9.17, 15) is 9.59 Å². The summed E-state index contributed by atoms with van der Waals surface area (Å²) >= 11 is 0. The molecule has 160 valence electrons. The number of anilines is 1. The first-order chi connectivity index (χ1) is 14.6. The van der Waals surface area contributed by atoms with Gasteiger partial charge in [-0.1, -0.05) is 75.6 Å². The molecule has 2 amide bonds. The molecule has 1 aliphatic heterocycles. The van der Waals surface area contributed by atoms with Crippen molar-refractivity contribution in [1.29, 1.82) is 0 Å². The molecule has 0 radical (unpaired) electrons.